The van der Waals surface area contributed by atoms with Crippen LogP contribution in [-0.2, 0) is 9.59 Å². The third-order valence-electron chi connectivity index (χ3n) is 5.89. The van der Waals surface area contributed by atoms with Crippen LogP contribution in [0.1, 0.15) is 37.7 Å². The Labute approximate surface area is 164 Å². The van der Waals surface area contributed by atoms with Gasteiger partial charge in [-0.1, -0.05) is 19.3 Å². The fourth-order valence-electron chi connectivity index (χ4n) is 4.29. The number of amides is 2. The van der Waals surface area contributed by atoms with Gasteiger partial charge >= 0.3 is 0 Å². The summed E-state index contributed by atoms with van der Waals surface area (Å²) in [5.74, 6) is 0.104. The summed E-state index contributed by atoms with van der Waals surface area (Å²) < 4.78 is 0. The van der Waals surface area contributed by atoms with Crippen molar-refractivity contribution in [3.8, 4) is 0 Å². The Hall–Kier alpha value is -2.83. The van der Waals surface area contributed by atoms with Gasteiger partial charge in [0, 0.05) is 55.3 Å². The number of H-pyrrole nitrogens is 1. The summed E-state index contributed by atoms with van der Waals surface area (Å²) in [5.41, 5.74) is 7.89. The first-order chi connectivity index (χ1) is 13.6. The highest BCUT2D eigenvalue weighted by Crippen LogP contribution is 2.27. The normalized spacial score (nSPS) is 18.9. The van der Waals surface area contributed by atoms with Crippen LogP contribution in [0.2, 0.25) is 0 Å². The molecule has 1 saturated carbocycles. The molecular formula is C21H27N5O2. The number of rotatable bonds is 4. The predicted octanol–water partition coefficient (Wildman–Crippen LogP) is 2.29. The minimum absolute atomic E-state index is 0.234. The lowest BCUT2D eigenvalue weighted by atomic mass is 9.88. The number of hydrogen-bond acceptors (Lipinski definition) is 4. The minimum atomic E-state index is -0.475. The Morgan fingerprint density at radius 3 is 2.61 bits per heavy atom. The molecule has 0 bridgehead atoms. The van der Waals surface area contributed by atoms with E-state index in [1.54, 1.807) is 6.08 Å². The number of fused-ring (bicyclic) bond motifs is 1. The van der Waals surface area contributed by atoms with Crippen molar-refractivity contribution in [1.82, 2.24) is 14.9 Å². The number of hydrogen-bond donors (Lipinski definition) is 2. The van der Waals surface area contributed by atoms with Gasteiger partial charge < -0.3 is 20.5 Å². The first-order valence-electron chi connectivity index (χ1n) is 10.1. The second-order valence-electron chi connectivity index (χ2n) is 7.72. The largest absolute Gasteiger partial charge is 0.367 e. The van der Waals surface area contributed by atoms with Crippen LogP contribution >= 0.6 is 0 Å². The fourth-order valence-corrected chi connectivity index (χ4v) is 4.29. The van der Waals surface area contributed by atoms with Crippen molar-refractivity contribution in [2.24, 2.45) is 11.7 Å². The molecule has 2 aromatic rings. The zero-order valence-corrected chi connectivity index (χ0v) is 16.1. The molecule has 0 unspecified atom stereocenters. The Morgan fingerprint density at radius 2 is 1.89 bits per heavy atom. The summed E-state index contributed by atoms with van der Waals surface area (Å²) in [6.45, 7) is 3.13. The monoisotopic (exact) mass is 381 g/mol. The molecular weight excluding hydrogens is 354 g/mol. The van der Waals surface area contributed by atoms with Gasteiger partial charge in [0.1, 0.15) is 5.65 Å². The van der Waals surface area contributed by atoms with Crippen molar-refractivity contribution < 1.29 is 9.59 Å². The lowest BCUT2D eigenvalue weighted by Crippen LogP contribution is -2.50. The number of carbonyl (C=O) groups excluding carboxylic acids is 2. The van der Waals surface area contributed by atoms with E-state index < -0.39 is 5.91 Å². The number of piperazine rings is 1. The van der Waals surface area contributed by atoms with E-state index in [0.717, 1.165) is 61.3 Å². The minimum Gasteiger partial charge on any atom is -0.367 e. The maximum Gasteiger partial charge on any atom is 0.241 e. The number of anilines is 1. The second kappa shape index (κ2) is 8.04. The molecule has 7 nitrogen and oxygen atoms in total. The third kappa shape index (κ3) is 3.88. The Morgan fingerprint density at radius 1 is 1.14 bits per heavy atom. The Bertz CT molecular complexity index is 889. The first kappa shape index (κ1) is 18.5. The highest BCUT2D eigenvalue weighted by Gasteiger charge is 2.28. The van der Waals surface area contributed by atoms with Crippen LogP contribution in [0.15, 0.2) is 24.5 Å². The number of pyridine rings is 1. The molecule has 2 aliphatic rings. The zero-order valence-electron chi connectivity index (χ0n) is 16.1. The highest BCUT2D eigenvalue weighted by molar-refractivity contribution is 5.95. The third-order valence-corrected chi connectivity index (χ3v) is 5.89. The fraction of sp³-hybridized carbons (Fsp3) is 0.476. The van der Waals surface area contributed by atoms with Crippen molar-refractivity contribution in [3.63, 3.8) is 0 Å². The highest BCUT2D eigenvalue weighted by atomic mass is 16.2. The number of nitrogens with two attached hydrogens (primary N) is 1. The van der Waals surface area contributed by atoms with Gasteiger partial charge in [-0.05, 0) is 25.0 Å². The average Bonchev–Trinajstić information content (AvgIpc) is 3.14. The van der Waals surface area contributed by atoms with E-state index in [0.29, 0.717) is 5.91 Å². The molecule has 1 aliphatic heterocycles. The Kier molecular flexibility index (Phi) is 5.32. The molecule has 0 aromatic carbocycles. The van der Waals surface area contributed by atoms with Crippen molar-refractivity contribution in [3.05, 3.63) is 30.1 Å². The molecule has 1 aliphatic carbocycles. The van der Waals surface area contributed by atoms with E-state index >= 15 is 0 Å². The van der Waals surface area contributed by atoms with Crippen LogP contribution in [0.25, 0.3) is 17.1 Å². The summed E-state index contributed by atoms with van der Waals surface area (Å²) in [6, 6.07) is 2.08. The quantitative estimate of drug-likeness (QED) is 0.795. The molecule has 3 heterocycles. The second-order valence-corrected chi connectivity index (χ2v) is 7.72. The van der Waals surface area contributed by atoms with Gasteiger partial charge in [-0.25, -0.2) is 4.98 Å². The number of primary amides is 1. The maximum atomic E-state index is 12.8. The van der Waals surface area contributed by atoms with Gasteiger partial charge in [-0.3, -0.25) is 9.59 Å². The average molecular weight is 381 g/mol. The lowest BCUT2D eigenvalue weighted by Gasteiger charge is -2.38. The molecule has 0 spiro atoms. The molecule has 0 atom stereocenters. The Balaban J connectivity index is 1.44. The molecule has 7 heteroatoms. The van der Waals surface area contributed by atoms with Gasteiger partial charge in [0.2, 0.25) is 11.8 Å². The summed E-state index contributed by atoms with van der Waals surface area (Å²) in [5, 5.41) is 0.954. The summed E-state index contributed by atoms with van der Waals surface area (Å²) in [4.78, 5) is 35.7. The molecule has 3 N–H and O–H groups in total. The molecule has 2 amide bonds. The van der Waals surface area contributed by atoms with Crippen LogP contribution < -0.4 is 10.6 Å². The maximum absolute atomic E-state index is 12.8. The predicted molar refractivity (Wildman–Crippen MR) is 110 cm³/mol. The van der Waals surface area contributed by atoms with Crippen LogP contribution in [0, 0.1) is 5.92 Å². The topological polar surface area (TPSA) is 95.3 Å². The summed E-state index contributed by atoms with van der Waals surface area (Å²) in [6.07, 6.45) is 12.5. The first-order valence-corrected chi connectivity index (χ1v) is 10.1. The molecule has 148 valence electrons. The molecule has 2 aromatic heterocycles. The lowest BCUT2D eigenvalue weighted by molar-refractivity contribution is -0.136. The molecule has 2 fully saturated rings. The zero-order chi connectivity index (χ0) is 19.5. The van der Waals surface area contributed by atoms with E-state index in [4.69, 9.17) is 5.73 Å². The van der Waals surface area contributed by atoms with Crippen LogP contribution in [0.3, 0.4) is 0 Å². The number of nitrogens with zero attached hydrogens (tertiary/aromatic N) is 3. The number of aromatic amines is 1. The van der Waals surface area contributed by atoms with E-state index in [1.807, 2.05) is 17.3 Å². The van der Waals surface area contributed by atoms with Gasteiger partial charge in [-0.2, -0.15) is 0 Å². The van der Waals surface area contributed by atoms with Crippen molar-refractivity contribution in [2.45, 2.75) is 32.1 Å². The van der Waals surface area contributed by atoms with Crippen LogP contribution in [0.4, 0.5) is 5.69 Å². The molecule has 0 radical (unpaired) electrons. The van der Waals surface area contributed by atoms with Gasteiger partial charge in [0.25, 0.3) is 0 Å². The van der Waals surface area contributed by atoms with Crippen LogP contribution in [-0.4, -0.2) is 52.9 Å². The number of nitrogens with one attached hydrogen (secondary N) is 1. The van der Waals surface area contributed by atoms with Crippen molar-refractivity contribution in [1.29, 1.82) is 0 Å². The van der Waals surface area contributed by atoms with E-state index in [9.17, 15) is 9.59 Å². The van der Waals surface area contributed by atoms with E-state index in [2.05, 4.69) is 20.9 Å². The number of aromatic nitrogens is 2. The van der Waals surface area contributed by atoms with Gasteiger partial charge in [0.05, 0.1) is 11.9 Å². The smallest absolute Gasteiger partial charge is 0.241 e. The summed E-state index contributed by atoms with van der Waals surface area (Å²) >= 11 is 0. The van der Waals surface area contributed by atoms with Gasteiger partial charge in [-0.15, -0.1) is 0 Å². The SMILES string of the molecule is NC(=O)/C=C/c1c[nH]c2ncc(N3CCN(C(=O)C4CCCCC4)CC3)cc12. The standard InChI is InChI=1S/C21H27N5O2/c22-19(27)7-6-16-13-23-20-18(16)12-17(14-24-20)25-8-10-26(11-9-25)21(28)15-4-2-1-3-5-15/h6-7,12-15H,1-5,8-11H2,(H2,22,27)(H,23,24)/b7-6+. The van der Waals surface area contributed by atoms with Crippen molar-refractivity contribution in [2.75, 3.05) is 31.1 Å². The van der Waals surface area contributed by atoms with E-state index in [-0.39, 0.29) is 5.92 Å². The van der Waals surface area contributed by atoms with Crippen molar-refractivity contribution >= 4 is 34.6 Å². The molecule has 1 saturated heterocycles. The number of carbonyl (C=O) groups is 2. The van der Waals surface area contributed by atoms with Gasteiger partial charge in [0.15, 0.2) is 0 Å². The van der Waals surface area contributed by atoms with E-state index in [1.165, 1.54) is 25.3 Å². The molecule has 28 heavy (non-hydrogen) atoms. The van der Waals surface area contributed by atoms with Crippen LogP contribution in [0.5, 0.6) is 0 Å². The summed E-state index contributed by atoms with van der Waals surface area (Å²) in [7, 11) is 0. The molecule has 4 rings (SSSR count).